The summed E-state index contributed by atoms with van der Waals surface area (Å²) in [6, 6.07) is 0. The summed E-state index contributed by atoms with van der Waals surface area (Å²) in [5.74, 6) is 0.654. The molecule has 0 aromatic rings. The van der Waals surface area contributed by atoms with E-state index in [1.807, 2.05) is 0 Å². The molecular weight excluding hydrogens is 551 g/mol. The van der Waals surface area contributed by atoms with Crippen LogP contribution in [0.1, 0.15) is 113 Å². The lowest BCUT2D eigenvalue weighted by Crippen LogP contribution is -2.67. The van der Waals surface area contributed by atoms with E-state index in [1.54, 1.807) is 13.8 Å². The zero-order valence-corrected chi connectivity index (χ0v) is 28.1. The summed E-state index contributed by atoms with van der Waals surface area (Å²) >= 11 is 0. The van der Waals surface area contributed by atoms with Crippen molar-refractivity contribution in [1.29, 1.82) is 0 Å². The number of carbonyl (C=O) groups is 1. The lowest BCUT2D eigenvalue weighted by Gasteiger charge is -2.72. The minimum atomic E-state index is -3.69. The van der Waals surface area contributed by atoms with Crippen LogP contribution in [0.25, 0.3) is 0 Å². The van der Waals surface area contributed by atoms with E-state index in [2.05, 4.69) is 41.2 Å². The van der Waals surface area contributed by atoms with Crippen molar-refractivity contribution in [3.63, 3.8) is 0 Å². The predicted molar refractivity (Wildman–Crippen MR) is 164 cm³/mol. The summed E-state index contributed by atoms with van der Waals surface area (Å²) in [4.78, 5) is 13.1. The van der Waals surface area contributed by atoms with Gasteiger partial charge in [0.25, 0.3) is 0 Å². The van der Waals surface area contributed by atoms with E-state index < -0.39 is 19.2 Å². The summed E-state index contributed by atoms with van der Waals surface area (Å²) < 4.78 is 29.5. The molecular formula is C34H57O7P. The van der Waals surface area contributed by atoms with Gasteiger partial charge in [-0.3, -0.25) is 18.4 Å². The normalized spacial score (nSPS) is 46.2. The zero-order chi connectivity index (χ0) is 30.9. The smallest absolute Gasteiger partial charge is 0.475 e. The third-order valence-corrected chi connectivity index (χ3v) is 15.9. The van der Waals surface area contributed by atoms with Crippen molar-refractivity contribution in [3.05, 3.63) is 12.2 Å². The molecule has 7 unspecified atom stereocenters. The van der Waals surface area contributed by atoms with Gasteiger partial charge in [0.05, 0.1) is 31.3 Å². The van der Waals surface area contributed by atoms with E-state index in [-0.39, 0.29) is 65.3 Å². The van der Waals surface area contributed by atoms with E-state index in [0.29, 0.717) is 24.7 Å². The van der Waals surface area contributed by atoms with Crippen molar-refractivity contribution in [3.8, 4) is 0 Å². The van der Waals surface area contributed by atoms with Crippen molar-refractivity contribution in [2.24, 2.45) is 56.7 Å². The highest BCUT2D eigenvalue weighted by molar-refractivity contribution is 7.48. The van der Waals surface area contributed by atoms with Gasteiger partial charge in [-0.2, -0.15) is 0 Å². The Morgan fingerprint density at radius 2 is 1.50 bits per heavy atom. The van der Waals surface area contributed by atoms with Gasteiger partial charge in [0.15, 0.2) is 0 Å². The van der Waals surface area contributed by atoms with Gasteiger partial charge < -0.3 is 10.2 Å². The molecule has 0 heterocycles. The van der Waals surface area contributed by atoms with Crippen LogP contribution >= 0.6 is 7.82 Å². The number of carboxylic acids is 1. The molecule has 5 rings (SSSR count). The Balaban J connectivity index is 1.46. The maximum Gasteiger partial charge on any atom is 0.475 e. The van der Waals surface area contributed by atoms with Crippen molar-refractivity contribution in [2.45, 2.75) is 119 Å². The third kappa shape index (κ3) is 4.57. The number of aliphatic carboxylic acids is 1. The third-order valence-electron chi connectivity index (χ3n) is 14.3. The molecule has 42 heavy (non-hydrogen) atoms. The average Bonchev–Trinajstić information content (AvgIpc) is 3.32. The Hall–Kier alpha value is -0.720. The molecule has 5 aliphatic rings. The fraction of sp³-hybridized carbons (Fsp3) is 0.912. The molecule has 5 saturated carbocycles. The topological polar surface area (TPSA) is 102 Å². The van der Waals surface area contributed by atoms with Crippen LogP contribution in [0.3, 0.4) is 0 Å². The molecule has 8 heteroatoms. The molecule has 10 atom stereocenters. The molecule has 2 N–H and O–H groups in total. The number of aliphatic hydroxyl groups excluding tert-OH is 1. The number of hydrogen-bond donors (Lipinski definition) is 2. The predicted octanol–water partition coefficient (Wildman–Crippen LogP) is 8.27. The van der Waals surface area contributed by atoms with Gasteiger partial charge in [0.2, 0.25) is 0 Å². The van der Waals surface area contributed by atoms with Crippen molar-refractivity contribution < 1.29 is 33.1 Å². The van der Waals surface area contributed by atoms with Crippen LogP contribution in [-0.4, -0.2) is 42.1 Å². The number of rotatable bonds is 9. The van der Waals surface area contributed by atoms with Crippen LogP contribution in [0.15, 0.2) is 12.2 Å². The van der Waals surface area contributed by atoms with E-state index in [0.717, 1.165) is 56.9 Å². The Morgan fingerprint density at radius 1 is 0.833 bits per heavy atom. The molecule has 5 fully saturated rings. The van der Waals surface area contributed by atoms with Gasteiger partial charge >= 0.3 is 13.8 Å². The Morgan fingerprint density at radius 3 is 2.12 bits per heavy atom. The molecule has 7 nitrogen and oxygen atoms in total. The quantitative estimate of drug-likeness (QED) is 0.201. The number of phosphoric acid groups is 1. The summed E-state index contributed by atoms with van der Waals surface area (Å²) in [6.07, 6.45) is 9.17. The molecule has 240 valence electrons. The van der Waals surface area contributed by atoms with E-state index >= 15 is 0 Å². The SMILES string of the molecule is C=C(COP(=O)(OCC)OCC)C1CCC2(C(=O)O)CC[C@]3(C)C(CCC4[C@@]5(C)CCC(O)C(C)(C)C5CC[C@]43C)C12. The van der Waals surface area contributed by atoms with Gasteiger partial charge in [-0.15, -0.1) is 0 Å². The fourth-order valence-electron chi connectivity index (χ4n) is 12.1. The standard InChI is InChI=1S/C34H57O7P/c1-9-39-42(38,40-10-2)41-21-22(3)23-13-18-34(29(36)37)20-19-32(7)24(28(23)34)11-12-26-31(6)16-15-27(35)30(4,5)25(31)14-17-33(26,32)8/h23-28,35H,3,9-21H2,1-2,4-8H3,(H,36,37)/t23?,24?,25?,26?,27?,28?,31-,32+,33+,34?/m0/s1. The second-order valence-electron chi connectivity index (χ2n) is 15.9. The van der Waals surface area contributed by atoms with Crippen LogP contribution in [0.4, 0.5) is 0 Å². The maximum atomic E-state index is 13.1. The molecule has 0 saturated heterocycles. The molecule has 0 aliphatic heterocycles. The first-order chi connectivity index (χ1) is 19.6. The molecule has 0 spiro atoms. The molecule has 5 aliphatic carbocycles. The highest BCUT2D eigenvalue weighted by Gasteiger charge is 2.72. The number of carboxylic acid groups (broad SMARTS) is 1. The Labute approximate surface area is 254 Å². The summed E-state index contributed by atoms with van der Waals surface area (Å²) in [5.41, 5.74) is 0.282. The van der Waals surface area contributed by atoms with Crippen molar-refractivity contribution in [1.82, 2.24) is 0 Å². The summed E-state index contributed by atoms with van der Waals surface area (Å²) in [6.45, 7) is 20.5. The molecule has 0 radical (unpaired) electrons. The zero-order valence-electron chi connectivity index (χ0n) is 27.2. The first-order valence-corrected chi connectivity index (χ1v) is 18.1. The average molecular weight is 609 g/mol. The van der Waals surface area contributed by atoms with Crippen molar-refractivity contribution in [2.75, 3.05) is 19.8 Å². The number of aliphatic hydroxyl groups is 1. The van der Waals surface area contributed by atoms with Crippen LogP contribution in [0.2, 0.25) is 0 Å². The second-order valence-corrected chi connectivity index (χ2v) is 17.6. The second kappa shape index (κ2) is 11.0. The lowest BCUT2D eigenvalue weighted by molar-refractivity contribution is -0.248. The maximum absolute atomic E-state index is 13.1. The van der Waals surface area contributed by atoms with Crippen LogP contribution < -0.4 is 0 Å². The summed E-state index contributed by atoms with van der Waals surface area (Å²) in [7, 11) is -3.69. The van der Waals surface area contributed by atoms with Crippen LogP contribution in [0.5, 0.6) is 0 Å². The molecule has 0 amide bonds. The fourth-order valence-corrected chi connectivity index (χ4v) is 13.3. The monoisotopic (exact) mass is 608 g/mol. The minimum absolute atomic E-state index is 0.00161. The molecule has 0 aromatic carbocycles. The lowest BCUT2D eigenvalue weighted by atomic mass is 9.32. The highest BCUT2D eigenvalue weighted by atomic mass is 31.2. The van der Waals surface area contributed by atoms with Crippen LogP contribution in [-0.2, 0) is 22.9 Å². The van der Waals surface area contributed by atoms with Crippen LogP contribution in [0, 0.1) is 56.7 Å². The van der Waals surface area contributed by atoms with E-state index in [4.69, 9.17) is 13.6 Å². The van der Waals surface area contributed by atoms with Gasteiger partial charge in [-0.05, 0) is 135 Å². The molecule has 0 bridgehead atoms. The first kappa shape index (κ1) is 32.7. The van der Waals surface area contributed by atoms with Gasteiger partial charge in [0.1, 0.15) is 0 Å². The Kier molecular flexibility index (Phi) is 8.53. The van der Waals surface area contributed by atoms with Gasteiger partial charge in [-0.25, -0.2) is 4.57 Å². The molecule has 0 aromatic heterocycles. The van der Waals surface area contributed by atoms with Gasteiger partial charge in [-0.1, -0.05) is 41.2 Å². The minimum Gasteiger partial charge on any atom is -0.481 e. The van der Waals surface area contributed by atoms with E-state index in [9.17, 15) is 19.6 Å². The largest absolute Gasteiger partial charge is 0.481 e. The first-order valence-electron chi connectivity index (χ1n) is 16.7. The summed E-state index contributed by atoms with van der Waals surface area (Å²) in [5, 5.41) is 21.8. The Bertz CT molecular complexity index is 1110. The van der Waals surface area contributed by atoms with Crippen molar-refractivity contribution >= 4 is 13.8 Å². The highest BCUT2D eigenvalue weighted by Crippen LogP contribution is 2.77. The number of phosphoric ester groups is 1. The number of hydrogen-bond acceptors (Lipinski definition) is 6. The number of fused-ring (bicyclic) bond motifs is 7. The van der Waals surface area contributed by atoms with E-state index in [1.165, 1.54) is 0 Å². The van der Waals surface area contributed by atoms with Gasteiger partial charge in [0, 0.05) is 0 Å².